The Balaban J connectivity index is 1.67. The van der Waals surface area contributed by atoms with Gasteiger partial charge >= 0.3 is 0 Å². The normalized spacial score (nSPS) is 18.6. The van der Waals surface area contributed by atoms with Gasteiger partial charge in [0.1, 0.15) is 11.5 Å². The van der Waals surface area contributed by atoms with Crippen molar-refractivity contribution < 1.29 is 19.4 Å². The van der Waals surface area contributed by atoms with Gasteiger partial charge in [-0.05, 0) is 98.7 Å². The first-order valence-electron chi connectivity index (χ1n) is 13.2. The molecular formula is C32H34N2O4. The molecule has 1 N–H and O–H groups in total. The third-order valence-corrected chi connectivity index (χ3v) is 7.26. The number of nitrogens with zero attached hydrogens (tertiary/aromatic N) is 2. The zero-order valence-electron chi connectivity index (χ0n) is 22.4. The summed E-state index contributed by atoms with van der Waals surface area (Å²) in [6.45, 7) is 3.89. The summed E-state index contributed by atoms with van der Waals surface area (Å²) in [5.74, 6) is -0.872. The molecule has 1 amide bonds. The quantitative estimate of drug-likeness (QED) is 0.249. The lowest BCUT2D eigenvalue weighted by Crippen LogP contribution is -2.29. The smallest absolute Gasteiger partial charge is 0.300 e. The summed E-state index contributed by atoms with van der Waals surface area (Å²) in [4.78, 5) is 30.6. The Kier molecular flexibility index (Phi) is 6.98. The van der Waals surface area contributed by atoms with E-state index in [1.807, 2.05) is 99.6 Å². The molecule has 6 heteroatoms. The number of ether oxygens (including phenoxy) is 1. The number of Topliss-reactive ketones (excluding diaryl/α,β-unsaturated/α-hetero) is 1. The largest absolute Gasteiger partial charge is 0.507 e. The zero-order chi connectivity index (χ0) is 27.0. The third kappa shape index (κ3) is 4.78. The number of carbonyl (C=O) groups excluding carboxylic acids is 2. The number of aliphatic hydroxyl groups is 1. The maximum atomic E-state index is 13.6. The first-order valence-corrected chi connectivity index (χ1v) is 13.2. The molecule has 0 aromatic heterocycles. The molecule has 196 valence electrons. The Bertz CT molecular complexity index is 1410. The van der Waals surface area contributed by atoms with Crippen LogP contribution in [0.1, 0.15) is 55.0 Å². The number of hydrogen-bond donors (Lipinski definition) is 1. The molecule has 3 aromatic rings. The SMILES string of the molecule is CC(C)Oc1cccc(C2/C(=C(/O)c3ccc4c(c3)CCCC4)C(=O)C(=O)N2c2ccc(N(C)C)cc2)c1. The van der Waals surface area contributed by atoms with Crippen LogP contribution < -0.4 is 14.5 Å². The van der Waals surface area contributed by atoms with Gasteiger partial charge in [0, 0.05) is 31.0 Å². The van der Waals surface area contributed by atoms with Crippen LogP contribution in [0.4, 0.5) is 11.4 Å². The predicted octanol–water partition coefficient (Wildman–Crippen LogP) is 6.04. The minimum Gasteiger partial charge on any atom is -0.507 e. The van der Waals surface area contributed by atoms with Gasteiger partial charge in [-0.1, -0.05) is 24.3 Å². The standard InChI is InChI=1S/C32H34N2O4/c1-20(2)38-27-11-7-10-23(19-27)29-28(30(35)24-13-12-21-8-5-6-9-22(21)18-24)31(36)32(37)34(29)26-16-14-25(15-17-26)33(3)4/h7,10-20,29,35H,5-6,8-9H2,1-4H3/b30-28-. The van der Waals surface area contributed by atoms with E-state index in [9.17, 15) is 14.7 Å². The van der Waals surface area contributed by atoms with Crippen molar-refractivity contribution in [3.8, 4) is 5.75 Å². The number of amides is 1. The molecule has 1 heterocycles. The maximum Gasteiger partial charge on any atom is 0.300 e. The topological polar surface area (TPSA) is 70.1 Å². The van der Waals surface area contributed by atoms with E-state index < -0.39 is 17.7 Å². The molecule has 6 nitrogen and oxygen atoms in total. The molecule has 0 spiro atoms. The molecule has 1 unspecified atom stereocenters. The molecule has 2 aliphatic rings. The molecule has 3 aromatic carbocycles. The molecule has 1 aliphatic heterocycles. The van der Waals surface area contributed by atoms with Gasteiger partial charge in [-0.2, -0.15) is 0 Å². The average molecular weight is 511 g/mol. The van der Waals surface area contributed by atoms with E-state index in [-0.39, 0.29) is 17.4 Å². The summed E-state index contributed by atoms with van der Waals surface area (Å²) in [5, 5.41) is 11.6. The number of hydrogen-bond acceptors (Lipinski definition) is 5. The van der Waals surface area contributed by atoms with Crippen LogP contribution >= 0.6 is 0 Å². The van der Waals surface area contributed by atoms with Gasteiger partial charge in [0.25, 0.3) is 11.7 Å². The second kappa shape index (κ2) is 10.4. The Morgan fingerprint density at radius 3 is 2.34 bits per heavy atom. The number of fused-ring (bicyclic) bond motifs is 1. The Labute approximate surface area is 224 Å². The summed E-state index contributed by atoms with van der Waals surface area (Å²) >= 11 is 0. The molecule has 1 atom stereocenters. The van der Waals surface area contributed by atoms with E-state index in [1.54, 1.807) is 0 Å². The first-order chi connectivity index (χ1) is 18.2. The number of benzene rings is 3. The van der Waals surface area contributed by atoms with Gasteiger partial charge in [0.05, 0.1) is 17.7 Å². The van der Waals surface area contributed by atoms with Crippen LogP contribution in [0.3, 0.4) is 0 Å². The molecule has 0 saturated carbocycles. The van der Waals surface area contributed by atoms with Gasteiger partial charge in [-0.25, -0.2) is 0 Å². The summed E-state index contributed by atoms with van der Waals surface area (Å²) in [5.41, 5.74) is 5.38. The Hall–Kier alpha value is -4.06. The number of rotatable bonds is 6. The lowest BCUT2D eigenvalue weighted by atomic mass is 9.88. The number of anilines is 2. The van der Waals surface area contributed by atoms with Crippen LogP contribution in [0.15, 0.2) is 72.3 Å². The van der Waals surface area contributed by atoms with Crippen molar-refractivity contribution in [2.24, 2.45) is 0 Å². The lowest BCUT2D eigenvalue weighted by molar-refractivity contribution is -0.132. The molecule has 1 aliphatic carbocycles. The second-order valence-electron chi connectivity index (χ2n) is 10.5. The van der Waals surface area contributed by atoms with E-state index in [0.29, 0.717) is 22.6 Å². The lowest BCUT2D eigenvalue weighted by Gasteiger charge is -2.26. The number of aliphatic hydroxyl groups excluding tert-OH is 1. The Morgan fingerprint density at radius 1 is 0.947 bits per heavy atom. The number of aryl methyl sites for hydroxylation is 2. The van der Waals surface area contributed by atoms with Crippen molar-refractivity contribution in [2.45, 2.75) is 51.7 Å². The van der Waals surface area contributed by atoms with E-state index >= 15 is 0 Å². The monoisotopic (exact) mass is 510 g/mol. The average Bonchev–Trinajstić information content (AvgIpc) is 3.18. The molecule has 1 fully saturated rings. The third-order valence-electron chi connectivity index (χ3n) is 7.26. The molecule has 38 heavy (non-hydrogen) atoms. The van der Waals surface area contributed by atoms with E-state index in [2.05, 4.69) is 0 Å². The van der Waals surface area contributed by atoms with Gasteiger partial charge in [0.15, 0.2) is 0 Å². The number of ketones is 1. The fourth-order valence-electron chi connectivity index (χ4n) is 5.39. The summed E-state index contributed by atoms with van der Waals surface area (Å²) in [6, 6.07) is 20.0. The second-order valence-corrected chi connectivity index (χ2v) is 10.5. The van der Waals surface area contributed by atoms with Crippen LogP contribution in [-0.2, 0) is 22.4 Å². The van der Waals surface area contributed by atoms with Crippen molar-refractivity contribution in [3.63, 3.8) is 0 Å². The van der Waals surface area contributed by atoms with Crippen molar-refractivity contribution in [1.29, 1.82) is 0 Å². The van der Waals surface area contributed by atoms with Gasteiger partial charge in [-0.15, -0.1) is 0 Å². The van der Waals surface area contributed by atoms with Crippen LogP contribution in [-0.4, -0.2) is 37.0 Å². The van der Waals surface area contributed by atoms with Crippen molar-refractivity contribution in [1.82, 2.24) is 0 Å². The molecule has 5 rings (SSSR count). The minimum absolute atomic E-state index is 0.0364. The highest BCUT2D eigenvalue weighted by molar-refractivity contribution is 6.51. The zero-order valence-corrected chi connectivity index (χ0v) is 22.4. The molecule has 1 saturated heterocycles. The highest BCUT2D eigenvalue weighted by Gasteiger charge is 2.47. The summed E-state index contributed by atoms with van der Waals surface area (Å²) in [6.07, 6.45) is 4.19. The molecular weight excluding hydrogens is 476 g/mol. The van der Waals surface area contributed by atoms with Crippen LogP contribution in [0.25, 0.3) is 5.76 Å². The van der Waals surface area contributed by atoms with Gasteiger partial charge in [-0.3, -0.25) is 14.5 Å². The fourth-order valence-corrected chi connectivity index (χ4v) is 5.39. The first kappa shape index (κ1) is 25.6. The van der Waals surface area contributed by atoms with Crippen molar-refractivity contribution in [2.75, 3.05) is 23.9 Å². The number of carbonyl (C=O) groups is 2. The van der Waals surface area contributed by atoms with E-state index in [4.69, 9.17) is 4.74 Å². The highest BCUT2D eigenvalue weighted by Crippen LogP contribution is 2.43. The highest BCUT2D eigenvalue weighted by atomic mass is 16.5. The fraction of sp³-hybridized carbons (Fsp3) is 0.312. The van der Waals surface area contributed by atoms with Crippen molar-refractivity contribution >= 4 is 28.8 Å². The van der Waals surface area contributed by atoms with Crippen LogP contribution in [0.5, 0.6) is 5.75 Å². The van der Waals surface area contributed by atoms with Crippen LogP contribution in [0, 0.1) is 0 Å². The van der Waals surface area contributed by atoms with E-state index in [0.717, 1.165) is 31.4 Å². The van der Waals surface area contributed by atoms with E-state index in [1.165, 1.54) is 16.0 Å². The predicted molar refractivity (Wildman–Crippen MR) is 151 cm³/mol. The Morgan fingerprint density at radius 2 is 1.66 bits per heavy atom. The van der Waals surface area contributed by atoms with Crippen molar-refractivity contribution in [3.05, 3.63) is 94.6 Å². The maximum absolute atomic E-state index is 13.6. The summed E-state index contributed by atoms with van der Waals surface area (Å²) in [7, 11) is 3.89. The van der Waals surface area contributed by atoms with Gasteiger partial charge < -0.3 is 14.7 Å². The van der Waals surface area contributed by atoms with Crippen LogP contribution in [0.2, 0.25) is 0 Å². The molecule has 0 bridgehead atoms. The molecule has 0 radical (unpaired) electrons. The van der Waals surface area contributed by atoms with Gasteiger partial charge in [0.2, 0.25) is 0 Å². The minimum atomic E-state index is -0.799. The summed E-state index contributed by atoms with van der Waals surface area (Å²) < 4.78 is 5.92.